The molecular weight excluding hydrogens is 492 g/mol. The van der Waals surface area contributed by atoms with Gasteiger partial charge in [0.2, 0.25) is 11.8 Å². The molecule has 0 saturated carbocycles. The molecule has 6 aromatic rings. The number of carbonyl (C=O) groups is 2. The molecule has 2 aromatic heterocycles. The Labute approximate surface area is 221 Å². The van der Waals surface area contributed by atoms with Crippen molar-refractivity contribution in [3.63, 3.8) is 0 Å². The van der Waals surface area contributed by atoms with E-state index in [-0.39, 0.29) is 35.5 Å². The van der Waals surface area contributed by atoms with Gasteiger partial charge in [-0.25, -0.2) is 0 Å². The van der Waals surface area contributed by atoms with Crippen molar-refractivity contribution in [3.8, 4) is 0 Å². The summed E-state index contributed by atoms with van der Waals surface area (Å²) in [5, 5.41) is 7.79. The van der Waals surface area contributed by atoms with Crippen LogP contribution in [0.4, 0.5) is 11.4 Å². The van der Waals surface area contributed by atoms with Crippen LogP contribution >= 0.6 is 0 Å². The maximum Gasteiger partial charge on any atom is 0.224 e. The minimum atomic E-state index is -0.247. The van der Waals surface area contributed by atoms with Crippen molar-refractivity contribution in [1.82, 2.24) is 9.97 Å². The number of aromatic nitrogens is 2. The summed E-state index contributed by atoms with van der Waals surface area (Å²) >= 11 is 0. The quantitative estimate of drug-likeness (QED) is 0.221. The van der Waals surface area contributed by atoms with E-state index in [4.69, 9.17) is 0 Å². The summed E-state index contributed by atoms with van der Waals surface area (Å²) in [6, 6.07) is 24.9. The monoisotopic (exact) mass is 516 g/mol. The molecule has 0 radical (unpaired) electrons. The number of fused-ring (bicyclic) bond motifs is 4. The second-order valence-electron chi connectivity index (χ2n) is 9.47. The highest BCUT2D eigenvalue weighted by Crippen LogP contribution is 2.20. The summed E-state index contributed by atoms with van der Waals surface area (Å²) in [5.74, 6) is -0.494. The van der Waals surface area contributed by atoms with E-state index >= 15 is 0 Å². The van der Waals surface area contributed by atoms with E-state index in [0.717, 1.165) is 11.0 Å². The first kappa shape index (κ1) is 24.1. The largest absolute Gasteiger partial charge is 0.354 e. The number of anilines is 2. The molecule has 8 nitrogen and oxygen atoms in total. The molecule has 39 heavy (non-hydrogen) atoms. The van der Waals surface area contributed by atoms with E-state index < -0.39 is 0 Å². The number of nitrogens with one attached hydrogen (secondary N) is 4. The van der Waals surface area contributed by atoms with Crippen LogP contribution in [0.3, 0.4) is 0 Å². The van der Waals surface area contributed by atoms with E-state index in [9.17, 15) is 19.2 Å². The number of pyridine rings is 2. The number of aromatic amines is 2. The fourth-order valence-electron chi connectivity index (χ4n) is 4.85. The van der Waals surface area contributed by atoms with Crippen molar-refractivity contribution >= 4 is 66.8 Å². The number of rotatable bonds is 6. The van der Waals surface area contributed by atoms with Crippen LogP contribution < -0.4 is 21.5 Å². The lowest BCUT2D eigenvalue weighted by atomic mass is 10.1. The van der Waals surface area contributed by atoms with E-state index in [2.05, 4.69) is 20.6 Å². The summed E-state index contributed by atoms with van der Waals surface area (Å²) in [6.45, 7) is 0. The lowest BCUT2D eigenvalue weighted by molar-refractivity contribution is -0.117. The number of para-hydroxylation sites is 2. The van der Waals surface area contributed by atoms with Gasteiger partial charge in [0.15, 0.2) is 10.9 Å². The highest BCUT2D eigenvalue weighted by atomic mass is 16.2. The molecule has 192 valence electrons. The zero-order valence-electron chi connectivity index (χ0n) is 20.8. The lowest BCUT2D eigenvalue weighted by Crippen LogP contribution is -2.15. The number of carbonyl (C=O) groups excluding carboxylic acids is 2. The van der Waals surface area contributed by atoms with Crippen LogP contribution in [0.25, 0.3) is 43.6 Å². The summed E-state index contributed by atoms with van der Waals surface area (Å²) in [5.41, 5.74) is 3.74. The van der Waals surface area contributed by atoms with E-state index in [1.54, 1.807) is 48.5 Å². The highest BCUT2D eigenvalue weighted by molar-refractivity contribution is 5.99. The van der Waals surface area contributed by atoms with Crippen molar-refractivity contribution in [2.45, 2.75) is 19.3 Å². The van der Waals surface area contributed by atoms with Crippen molar-refractivity contribution in [3.05, 3.63) is 105 Å². The smallest absolute Gasteiger partial charge is 0.224 e. The van der Waals surface area contributed by atoms with E-state index in [0.29, 0.717) is 50.4 Å². The molecule has 2 heterocycles. The van der Waals surface area contributed by atoms with Gasteiger partial charge >= 0.3 is 0 Å². The minimum Gasteiger partial charge on any atom is -0.354 e. The summed E-state index contributed by atoms with van der Waals surface area (Å²) < 4.78 is 0. The highest BCUT2D eigenvalue weighted by Gasteiger charge is 2.11. The standard InChI is InChI=1S/C31H24N4O4/c36-28(32-18-12-14-26-22(16-18)30(38)20-6-1-3-8-24(20)34-26)10-5-11-29(37)33-19-13-15-27-23(17-19)31(39)21-7-2-4-9-25(21)35-27/h1-4,6-9,12-17H,5,10-11H2,(H,32,36)(H,33,37)(H,34,38)(H,35,39). The maximum atomic E-state index is 12.9. The molecule has 0 spiro atoms. The molecule has 8 heteroatoms. The molecule has 0 unspecified atom stereocenters. The van der Waals surface area contributed by atoms with Crippen LogP contribution in [0.5, 0.6) is 0 Å². The molecule has 0 aliphatic rings. The lowest BCUT2D eigenvalue weighted by Gasteiger charge is -2.09. The molecule has 6 rings (SSSR count). The number of hydrogen-bond acceptors (Lipinski definition) is 4. The topological polar surface area (TPSA) is 124 Å². The fourth-order valence-corrected chi connectivity index (χ4v) is 4.85. The van der Waals surface area contributed by atoms with Gasteiger partial charge in [-0.15, -0.1) is 0 Å². The van der Waals surface area contributed by atoms with Gasteiger partial charge in [-0.1, -0.05) is 24.3 Å². The Morgan fingerprint density at radius 2 is 0.949 bits per heavy atom. The van der Waals surface area contributed by atoms with Crippen LogP contribution in [-0.2, 0) is 9.59 Å². The summed E-state index contributed by atoms with van der Waals surface area (Å²) in [7, 11) is 0. The zero-order chi connectivity index (χ0) is 26.9. The fraction of sp³-hybridized carbons (Fsp3) is 0.0968. The predicted molar refractivity (Wildman–Crippen MR) is 155 cm³/mol. The molecule has 0 bridgehead atoms. The van der Waals surface area contributed by atoms with Gasteiger partial charge in [0.05, 0.1) is 0 Å². The van der Waals surface area contributed by atoms with Gasteiger partial charge in [0, 0.05) is 67.8 Å². The third-order valence-corrected chi connectivity index (χ3v) is 6.79. The number of hydrogen-bond donors (Lipinski definition) is 4. The van der Waals surface area contributed by atoms with Crippen LogP contribution in [0.2, 0.25) is 0 Å². The summed E-state index contributed by atoms with van der Waals surface area (Å²) in [4.78, 5) is 57.3. The maximum absolute atomic E-state index is 12.9. The SMILES string of the molecule is O=C(CCCC(=O)Nc1ccc2[nH]c3ccccc3c(=O)c2c1)Nc1ccc2[nH]c3ccccc3c(=O)c2c1. The Morgan fingerprint density at radius 3 is 1.41 bits per heavy atom. The average Bonchev–Trinajstić information content (AvgIpc) is 2.94. The normalized spacial score (nSPS) is 11.3. The predicted octanol–water partition coefficient (Wildman–Crippen LogP) is 5.42. The first-order valence-corrected chi connectivity index (χ1v) is 12.7. The Morgan fingerprint density at radius 1 is 0.538 bits per heavy atom. The van der Waals surface area contributed by atoms with Gasteiger partial charge in [-0.05, 0) is 67.1 Å². The van der Waals surface area contributed by atoms with Gasteiger partial charge in [0.25, 0.3) is 0 Å². The molecule has 0 atom stereocenters. The average molecular weight is 517 g/mol. The third-order valence-electron chi connectivity index (χ3n) is 6.79. The Kier molecular flexibility index (Phi) is 6.13. The first-order chi connectivity index (χ1) is 19.0. The van der Waals surface area contributed by atoms with Crippen molar-refractivity contribution in [1.29, 1.82) is 0 Å². The van der Waals surface area contributed by atoms with Gasteiger partial charge < -0.3 is 20.6 Å². The Bertz CT molecular complexity index is 1890. The van der Waals surface area contributed by atoms with Crippen LogP contribution in [-0.4, -0.2) is 21.8 Å². The second-order valence-corrected chi connectivity index (χ2v) is 9.47. The van der Waals surface area contributed by atoms with Crippen LogP contribution in [0.1, 0.15) is 19.3 Å². The third kappa shape index (κ3) is 4.75. The molecule has 4 N–H and O–H groups in total. The van der Waals surface area contributed by atoms with Gasteiger partial charge in [-0.2, -0.15) is 0 Å². The van der Waals surface area contributed by atoms with Gasteiger partial charge in [0.1, 0.15) is 0 Å². The molecule has 0 fully saturated rings. The molecule has 0 aliphatic carbocycles. The number of benzene rings is 4. The molecule has 0 aliphatic heterocycles. The Hall–Kier alpha value is -5.24. The molecule has 2 amide bonds. The van der Waals surface area contributed by atoms with Crippen LogP contribution in [0.15, 0.2) is 94.5 Å². The van der Waals surface area contributed by atoms with E-state index in [1.165, 1.54) is 0 Å². The van der Waals surface area contributed by atoms with Crippen molar-refractivity contribution in [2.75, 3.05) is 10.6 Å². The van der Waals surface area contributed by atoms with Crippen molar-refractivity contribution in [2.24, 2.45) is 0 Å². The van der Waals surface area contributed by atoms with Crippen LogP contribution in [0, 0.1) is 0 Å². The minimum absolute atomic E-state index is 0.101. The number of amides is 2. The Balaban J connectivity index is 1.08. The molecule has 0 saturated heterocycles. The second kappa shape index (κ2) is 9.90. The van der Waals surface area contributed by atoms with Gasteiger partial charge in [-0.3, -0.25) is 19.2 Å². The zero-order valence-corrected chi connectivity index (χ0v) is 20.8. The molecule has 4 aromatic carbocycles. The molecular formula is C31H24N4O4. The van der Waals surface area contributed by atoms with Crippen molar-refractivity contribution < 1.29 is 9.59 Å². The first-order valence-electron chi connectivity index (χ1n) is 12.7. The number of H-pyrrole nitrogens is 2. The van der Waals surface area contributed by atoms with E-state index in [1.807, 2.05) is 36.4 Å². The summed E-state index contributed by atoms with van der Waals surface area (Å²) in [6.07, 6.45) is 0.626.